The standard InChI is InChI=1S/C20H33N3O3/c1-13-11-23(12-14(2)26-13)18(24)3-4-21-19(25)22-20-8-15-5-16(9-20)7-17(6-15)10-20/h13-17H,3-12H2,1-2H3,(H2,21,22,25). The van der Waals surface area contributed by atoms with E-state index in [4.69, 9.17) is 4.74 Å². The van der Waals surface area contributed by atoms with Crippen molar-refractivity contribution < 1.29 is 14.3 Å². The quantitative estimate of drug-likeness (QED) is 0.805. The van der Waals surface area contributed by atoms with Gasteiger partial charge in [-0.3, -0.25) is 4.79 Å². The third-order valence-electron chi connectivity index (χ3n) is 6.81. The molecule has 2 N–H and O–H groups in total. The maximum absolute atomic E-state index is 12.4. The highest BCUT2D eigenvalue weighted by Crippen LogP contribution is 2.55. The molecule has 0 aromatic rings. The molecule has 5 aliphatic rings. The number of morpholine rings is 1. The van der Waals surface area contributed by atoms with Gasteiger partial charge in [-0.1, -0.05) is 0 Å². The molecule has 146 valence electrons. The molecule has 0 aromatic carbocycles. The van der Waals surface area contributed by atoms with Crippen LogP contribution in [0.2, 0.25) is 0 Å². The lowest BCUT2D eigenvalue weighted by Crippen LogP contribution is -2.61. The molecule has 0 radical (unpaired) electrons. The van der Waals surface area contributed by atoms with E-state index in [0.29, 0.717) is 26.1 Å². The fourth-order valence-corrected chi connectivity index (χ4v) is 6.37. The average molecular weight is 364 g/mol. The van der Waals surface area contributed by atoms with Crippen molar-refractivity contribution in [1.82, 2.24) is 15.5 Å². The van der Waals surface area contributed by atoms with Crippen LogP contribution in [0.5, 0.6) is 0 Å². The zero-order valence-corrected chi connectivity index (χ0v) is 16.1. The number of carbonyl (C=O) groups excluding carboxylic acids is 2. The van der Waals surface area contributed by atoms with Gasteiger partial charge in [0.15, 0.2) is 0 Å². The molecule has 26 heavy (non-hydrogen) atoms. The summed E-state index contributed by atoms with van der Waals surface area (Å²) in [4.78, 5) is 26.7. The highest BCUT2D eigenvalue weighted by Gasteiger charge is 2.51. The van der Waals surface area contributed by atoms with Crippen LogP contribution in [0.25, 0.3) is 0 Å². The number of hydrogen-bond donors (Lipinski definition) is 2. The van der Waals surface area contributed by atoms with Crippen molar-refractivity contribution in [2.45, 2.75) is 76.5 Å². The molecule has 0 aromatic heterocycles. The molecule has 6 heteroatoms. The minimum atomic E-state index is -0.0940. The van der Waals surface area contributed by atoms with Crippen LogP contribution in [0.15, 0.2) is 0 Å². The second-order valence-corrected chi connectivity index (χ2v) is 9.38. The Kier molecular flexibility index (Phi) is 4.88. The van der Waals surface area contributed by atoms with Crippen molar-refractivity contribution in [1.29, 1.82) is 0 Å². The molecule has 5 rings (SSSR count). The van der Waals surface area contributed by atoms with Crippen molar-refractivity contribution in [2.24, 2.45) is 17.8 Å². The van der Waals surface area contributed by atoms with Crippen LogP contribution in [0.3, 0.4) is 0 Å². The lowest BCUT2D eigenvalue weighted by atomic mass is 9.53. The molecule has 4 aliphatic carbocycles. The summed E-state index contributed by atoms with van der Waals surface area (Å²) in [5.41, 5.74) is 0.0257. The molecule has 2 unspecified atom stereocenters. The van der Waals surface area contributed by atoms with Gasteiger partial charge in [-0.25, -0.2) is 4.79 Å². The molecular weight excluding hydrogens is 330 g/mol. The van der Waals surface area contributed by atoms with Crippen LogP contribution >= 0.6 is 0 Å². The number of hydrogen-bond acceptors (Lipinski definition) is 3. The van der Waals surface area contributed by atoms with Gasteiger partial charge in [0.1, 0.15) is 0 Å². The molecule has 2 atom stereocenters. The van der Waals surface area contributed by atoms with E-state index in [1.54, 1.807) is 0 Å². The molecule has 3 amide bonds. The first-order valence-electron chi connectivity index (χ1n) is 10.4. The van der Waals surface area contributed by atoms with Crippen molar-refractivity contribution in [2.75, 3.05) is 19.6 Å². The van der Waals surface area contributed by atoms with Gasteiger partial charge in [0, 0.05) is 31.6 Å². The summed E-state index contributed by atoms with van der Waals surface area (Å²) in [6.45, 7) is 5.67. The Hall–Kier alpha value is -1.30. The maximum Gasteiger partial charge on any atom is 0.315 e. The van der Waals surface area contributed by atoms with E-state index in [9.17, 15) is 9.59 Å². The smallest absolute Gasteiger partial charge is 0.315 e. The van der Waals surface area contributed by atoms with E-state index < -0.39 is 0 Å². The number of amides is 3. The molecule has 4 saturated carbocycles. The Morgan fingerprint density at radius 2 is 1.54 bits per heavy atom. The van der Waals surface area contributed by atoms with Crippen molar-refractivity contribution in [3.05, 3.63) is 0 Å². The van der Waals surface area contributed by atoms with Gasteiger partial charge in [-0.2, -0.15) is 0 Å². The number of nitrogens with zero attached hydrogens (tertiary/aromatic N) is 1. The number of nitrogens with one attached hydrogen (secondary N) is 2. The van der Waals surface area contributed by atoms with Gasteiger partial charge in [0.2, 0.25) is 5.91 Å². The Balaban J connectivity index is 1.22. The Morgan fingerprint density at radius 1 is 1.00 bits per heavy atom. The van der Waals surface area contributed by atoms with E-state index in [1.807, 2.05) is 18.7 Å². The first-order chi connectivity index (χ1) is 12.4. The third kappa shape index (κ3) is 3.85. The van der Waals surface area contributed by atoms with E-state index in [2.05, 4.69) is 10.6 Å². The van der Waals surface area contributed by atoms with Crippen LogP contribution in [-0.2, 0) is 9.53 Å². The van der Waals surface area contributed by atoms with Crippen LogP contribution < -0.4 is 10.6 Å². The van der Waals surface area contributed by atoms with Crippen molar-refractivity contribution in [3.63, 3.8) is 0 Å². The normalized spacial score (nSPS) is 41.2. The summed E-state index contributed by atoms with van der Waals surface area (Å²) in [6.07, 6.45) is 8.06. The second-order valence-electron chi connectivity index (χ2n) is 9.38. The number of carbonyl (C=O) groups is 2. The number of urea groups is 1. The maximum atomic E-state index is 12.4. The molecule has 1 saturated heterocycles. The fraction of sp³-hybridized carbons (Fsp3) is 0.900. The third-order valence-corrected chi connectivity index (χ3v) is 6.81. The molecule has 6 nitrogen and oxygen atoms in total. The zero-order valence-electron chi connectivity index (χ0n) is 16.1. The Morgan fingerprint density at radius 3 is 2.08 bits per heavy atom. The highest BCUT2D eigenvalue weighted by atomic mass is 16.5. The number of rotatable bonds is 4. The number of ether oxygens (including phenoxy) is 1. The second kappa shape index (κ2) is 7.02. The molecule has 4 bridgehead atoms. The summed E-state index contributed by atoms with van der Waals surface area (Å²) < 4.78 is 5.67. The molecule has 5 fully saturated rings. The molecule has 1 heterocycles. The molecular formula is C20H33N3O3. The Bertz CT molecular complexity index is 519. The van der Waals surface area contributed by atoms with Crippen LogP contribution in [0.4, 0.5) is 4.79 Å². The topological polar surface area (TPSA) is 70.7 Å². The minimum Gasteiger partial charge on any atom is -0.372 e. The lowest BCUT2D eigenvalue weighted by Gasteiger charge is -2.56. The summed E-state index contributed by atoms with van der Waals surface area (Å²) in [6, 6.07) is -0.0940. The van der Waals surface area contributed by atoms with E-state index >= 15 is 0 Å². The van der Waals surface area contributed by atoms with Crippen molar-refractivity contribution in [3.8, 4) is 0 Å². The minimum absolute atomic E-state index is 0.0257. The summed E-state index contributed by atoms with van der Waals surface area (Å²) in [7, 11) is 0. The highest BCUT2D eigenvalue weighted by molar-refractivity contribution is 5.78. The van der Waals surface area contributed by atoms with Gasteiger partial charge in [-0.05, 0) is 70.1 Å². The predicted molar refractivity (Wildman–Crippen MR) is 98.6 cm³/mol. The first kappa shape index (κ1) is 18.1. The average Bonchev–Trinajstić information content (AvgIpc) is 2.51. The van der Waals surface area contributed by atoms with E-state index in [0.717, 1.165) is 37.0 Å². The molecule has 1 aliphatic heterocycles. The predicted octanol–water partition coefficient (Wildman–Crippen LogP) is 2.28. The SMILES string of the molecule is CC1CN(C(=O)CCNC(=O)NC23CC4CC(CC(C4)C2)C3)CC(C)O1. The van der Waals surface area contributed by atoms with Crippen molar-refractivity contribution >= 4 is 11.9 Å². The molecule has 0 spiro atoms. The van der Waals surface area contributed by atoms with E-state index in [-0.39, 0.29) is 29.7 Å². The monoisotopic (exact) mass is 363 g/mol. The van der Waals surface area contributed by atoms with Gasteiger partial charge >= 0.3 is 6.03 Å². The van der Waals surface area contributed by atoms with Gasteiger partial charge in [0.25, 0.3) is 0 Å². The van der Waals surface area contributed by atoms with Gasteiger partial charge < -0.3 is 20.3 Å². The fourth-order valence-electron chi connectivity index (χ4n) is 6.37. The van der Waals surface area contributed by atoms with Gasteiger partial charge in [0.05, 0.1) is 12.2 Å². The largest absolute Gasteiger partial charge is 0.372 e. The summed E-state index contributed by atoms with van der Waals surface area (Å²) >= 11 is 0. The van der Waals surface area contributed by atoms with E-state index in [1.165, 1.54) is 19.3 Å². The Labute approximate surface area is 156 Å². The van der Waals surface area contributed by atoms with Crippen LogP contribution in [0.1, 0.15) is 58.8 Å². The van der Waals surface area contributed by atoms with Crippen LogP contribution in [-0.4, -0.2) is 54.2 Å². The first-order valence-corrected chi connectivity index (χ1v) is 10.4. The summed E-state index contributed by atoms with van der Waals surface area (Å²) in [5.74, 6) is 2.54. The zero-order chi connectivity index (χ0) is 18.3. The summed E-state index contributed by atoms with van der Waals surface area (Å²) in [5, 5.41) is 6.22. The lowest BCUT2D eigenvalue weighted by molar-refractivity contribution is -0.143. The van der Waals surface area contributed by atoms with Crippen LogP contribution in [0, 0.1) is 17.8 Å². The van der Waals surface area contributed by atoms with Gasteiger partial charge in [-0.15, -0.1) is 0 Å².